The molecule has 1 fully saturated rings. The summed E-state index contributed by atoms with van der Waals surface area (Å²) in [6.07, 6.45) is 2.42. The molecule has 1 unspecified atom stereocenters. The molecule has 1 atom stereocenters. The van der Waals surface area contributed by atoms with Crippen LogP contribution < -0.4 is 25.3 Å². The number of benzene rings is 1. The molecule has 0 spiro atoms. The van der Waals surface area contributed by atoms with Gasteiger partial charge in [-0.05, 0) is 43.0 Å². The van der Waals surface area contributed by atoms with Crippen molar-refractivity contribution in [3.63, 3.8) is 0 Å². The Balaban J connectivity index is 1.87. The molecule has 0 radical (unpaired) electrons. The molecular weight excluding hydrogens is 260 g/mol. The third-order valence-corrected chi connectivity index (χ3v) is 3.61. The third kappa shape index (κ3) is 2.51. The highest BCUT2D eigenvalue weighted by Gasteiger charge is 2.28. The number of carbonyl (C=O) groups is 1. The van der Waals surface area contributed by atoms with Crippen molar-refractivity contribution in [3.8, 4) is 17.2 Å². The summed E-state index contributed by atoms with van der Waals surface area (Å²) in [6.45, 7) is 0.955. The first-order valence-corrected chi connectivity index (χ1v) is 6.69. The fraction of sp³-hybridized carbons (Fsp3) is 0.500. The van der Waals surface area contributed by atoms with Crippen LogP contribution in [0.4, 0.5) is 0 Å². The highest BCUT2D eigenvalue weighted by Crippen LogP contribution is 2.43. The maximum absolute atomic E-state index is 11.7. The summed E-state index contributed by atoms with van der Waals surface area (Å²) >= 11 is 0. The lowest BCUT2D eigenvalue weighted by atomic mass is 10.0. The summed E-state index contributed by atoms with van der Waals surface area (Å²) in [6, 6.07) is 3.00. The highest BCUT2D eigenvalue weighted by atomic mass is 16.7. The van der Waals surface area contributed by atoms with Crippen molar-refractivity contribution in [2.75, 3.05) is 20.4 Å². The van der Waals surface area contributed by atoms with Crippen LogP contribution in [0.15, 0.2) is 12.1 Å². The molecule has 3 N–H and O–H groups in total. The molecule has 1 aromatic rings. The summed E-state index contributed by atoms with van der Waals surface area (Å²) in [7, 11) is 1.55. The predicted molar refractivity (Wildman–Crippen MR) is 71.8 cm³/mol. The monoisotopic (exact) mass is 278 g/mol. The van der Waals surface area contributed by atoms with Crippen molar-refractivity contribution >= 4 is 5.91 Å². The molecule has 20 heavy (non-hydrogen) atoms. The van der Waals surface area contributed by atoms with Crippen LogP contribution in [0.3, 0.4) is 0 Å². The number of amides is 1. The fourth-order valence-electron chi connectivity index (χ4n) is 2.31. The van der Waals surface area contributed by atoms with Crippen molar-refractivity contribution in [1.29, 1.82) is 0 Å². The molecule has 1 amide bonds. The van der Waals surface area contributed by atoms with Gasteiger partial charge in [-0.15, -0.1) is 0 Å². The molecular formula is C14H18N2O4. The maximum Gasteiger partial charge on any atom is 0.239 e. The first-order chi connectivity index (χ1) is 9.69. The van der Waals surface area contributed by atoms with Crippen LogP contribution in [0.25, 0.3) is 0 Å². The number of ether oxygens (including phenoxy) is 3. The Bertz CT molecular complexity index is 528. The Kier molecular flexibility index (Phi) is 3.40. The number of hydrogen-bond donors (Lipinski definition) is 2. The number of primary amides is 1. The lowest BCUT2D eigenvalue weighted by molar-refractivity contribution is -0.120. The van der Waals surface area contributed by atoms with Gasteiger partial charge in [0.15, 0.2) is 11.5 Å². The number of rotatable bonds is 6. The van der Waals surface area contributed by atoms with Crippen LogP contribution in [0.5, 0.6) is 17.2 Å². The van der Waals surface area contributed by atoms with Gasteiger partial charge in [-0.2, -0.15) is 0 Å². The van der Waals surface area contributed by atoms with Gasteiger partial charge in [-0.3, -0.25) is 4.79 Å². The van der Waals surface area contributed by atoms with E-state index in [1.165, 1.54) is 12.8 Å². The van der Waals surface area contributed by atoms with E-state index >= 15 is 0 Å². The van der Waals surface area contributed by atoms with E-state index in [0.29, 0.717) is 23.2 Å². The summed E-state index contributed by atoms with van der Waals surface area (Å²) in [5.41, 5.74) is 6.23. The minimum absolute atomic E-state index is 0.159. The van der Waals surface area contributed by atoms with Crippen molar-refractivity contribution in [2.24, 2.45) is 11.7 Å². The van der Waals surface area contributed by atoms with Gasteiger partial charge in [0.1, 0.15) is 6.04 Å². The van der Waals surface area contributed by atoms with E-state index < -0.39 is 11.9 Å². The number of carbonyl (C=O) groups excluding carboxylic acids is 1. The minimum atomic E-state index is -0.543. The molecule has 1 saturated carbocycles. The summed E-state index contributed by atoms with van der Waals surface area (Å²) in [5.74, 6) is 1.95. The molecule has 0 saturated heterocycles. The van der Waals surface area contributed by atoms with E-state index in [9.17, 15) is 4.79 Å². The largest absolute Gasteiger partial charge is 0.493 e. The third-order valence-electron chi connectivity index (χ3n) is 3.61. The number of hydrogen-bond acceptors (Lipinski definition) is 5. The highest BCUT2D eigenvalue weighted by molar-refractivity contribution is 5.82. The van der Waals surface area contributed by atoms with Crippen molar-refractivity contribution in [3.05, 3.63) is 17.7 Å². The van der Waals surface area contributed by atoms with Crippen LogP contribution in [-0.4, -0.2) is 26.4 Å². The van der Waals surface area contributed by atoms with E-state index in [2.05, 4.69) is 5.32 Å². The van der Waals surface area contributed by atoms with Gasteiger partial charge in [0, 0.05) is 0 Å². The van der Waals surface area contributed by atoms with Gasteiger partial charge in [0.2, 0.25) is 18.4 Å². The van der Waals surface area contributed by atoms with Crippen LogP contribution >= 0.6 is 0 Å². The Hall–Kier alpha value is -1.95. The molecule has 108 valence electrons. The van der Waals surface area contributed by atoms with E-state index in [1.54, 1.807) is 19.2 Å². The second-order valence-corrected chi connectivity index (χ2v) is 5.14. The molecule has 0 aromatic heterocycles. The number of fused-ring (bicyclic) bond motifs is 1. The summed E-state index contributed by atoms with van der Waals surface area (Å²) in [4.78, 5) is 11.7. The van der Waals surface area contributed by atoms with Crippen LogP contribution in [0.2, 0.25) is 0 Å². The summed E-state index contributed by atoms with van der Waals surface area (Å²) < 4.78 is 16.0. The summed E-state index contributed by atoms with van der Waals surface area (Å²) in [5, 5.41) is 3.21. The first kappa shape index (κ1) is 13.1. The van der Waals surface area contributed by atoms with Crippen molar-refractivity contribution < 1.29 is 19.0 Å². The minimum Gasteiger partial charge on any atom is -0.493 e. The molecule has 2 aliphatic rings. The quantitative estimate of drug-likeness (QED) is 0.809. The second-order valence-electron chi connectivity index (χ2n) is 5.14. The molecule has 1 aromatic carbocycles. The SMILES string of the molecule is COc1cc(C(NCC2CC2)C(N)=O)cc2c1OCO2. The smallest absolute Gasteiger partial charge is 0.239 e. The average molecular weight is 278 g/mol. The van der Waals surface area contributed by atoms with Gasteiger partial charge in [0.25, 0.3) is 0 Å². The molecule has 1 aliphatic carbocycles. The maximum atomic E-state index is 11.7. The van der Waals surface area contributed by atoms with E-state index in [4.69, 9.17) is 19.9 Å². The number of nitrogens with one attached hydrogen (secondary N) is 1. The topological polar surface area (TPSA) is 82.8 Å². The Labute approximate surface area is 117 Å². The zero-order chi connectivity index (χ0) is 14.1. The zero-order valence-corrected chi connectivity index (χ0v) is 11.3. The van der Waals surface area contributed by atoms with Gasteiger partial charge < -0.3 is 25.3 Å². The molecule has 0 bridgehead atoms. The van der Waals surface area contributed by atoms with Gasteiger partial charge in [-0.1, -0.05) is 0 Å². The van der Waals surface area contributed by atoms with E-state index in [1.807, 2.05) is 0 Å². The number of methoxy groups -OCH3 is 1. The Morgan fingerprint density at radius 2 is 2.30 bits per heavy atom. The molecule has 6 heteroatoms. The van der Waals surface area contributed by atoms with Gasteiger partial charge in [0.05, 0.1) is 7.11 Å². The standard InChI is InChI=1S/C14H18N2O4/c1-18-10-4-9(5-11-13(10)20-7-19-11)12(14(15)17)16-6-8-2-3-8/h4-5,8,12,16H,2-3,6-7H2,1H3,(H2,15,17). The number of nitrogens with two attached hydrogens (primary N) is 1. The first-order valence-electron chi connectivity index (χ1n) is 6.69. The van der Waals surface area contributed by atoms with E-state index in [0.717, 1.165) is 12.1 Å². The zero-order valence-electron chi connectivity index (χ0n) is 11.3. The van der Waals surface area contributed by atoms with Crippen molar-refractivity contribution in [2.45, 2.75) is 18.9 Å². The molecule has 1 aliphatic heterocycles. The van der Waals surface area contributed by atoms with Crippen molar-refractivity contribution in [1.82, 2.24) is 5.32 Å². The lowest BCUT2D eigenvalue weighted by Gasteiger charge is -2.17. The van der Waals surface area contributed by atoms with Crippen LogP contribution in [-0.2, 0) is 4.79 Å². The average Bonchev–Trinajstić information content (AvgIpc) is 3.13. The normalized spacial score (nSPS) is 17.9. The molecule has 1 heterocycles. The Morgan fingerprint density at radius 3 is 2.95 bits per heavy atom. The van der Waals surface area contributed by atoms with Gasteiger partial charge in [-0.25, -0.2) is 0 Å². The van der Waals surface area contributed by atoms with Gasteiger partial charge >= 0.3 is 0 Å². The Morgan fingerprint density at radius 1 is 1.50 bits per heavy atom. The lowest BCUT2D eigenvalue weighted by Crippen LogP contribution is -2.34. The second kappa shape index (κ2) is 5.20. The fourth-order valence-corrected chi connectivity index (χ4v) is 2.31. The van der Waals surface area contributed by atoms with Crippen LogP contribution in [0.1, 0.15) is 24.4 Å². The van der Waals surface area contributed by atoms with Crippen LogP contribution in [0, 0.1) is 5.92 Å². The van der Waals surface area contributed by atoms with E-state index in [-0.39, 0.29) is 6.79 Å². The molecule has 3 rings (SSSR count). The predicted octanol–water partition coefficient (Wildman–Crippen LogP) is 0.950. The molecule has 6 nitrogen and oxygen atoms in total.